The van der Waals surface area contributed by atoms with Gasteiger partial charge in [0.1, 0.15) is 24.2 Å². The minimum Gasteiger partial charge on any atom is -0.492 e. The van der Waals surface area contributed by atoms with E-state index in [1.807, 2.05) is 37.3 Å². The van der Waals surface area contributed by atoms with E-state index in [2.05, 4.69) is 10.3 Å². The fourth-order valence-corrected chi connectivity index (χ4v) is 4.37. The molecule has 1 amide bonds. The summed E-state index contributed by atoms with van der Waals surface area (Å²) in [5.41, 5.74) is 7.24. The van der Waals surface area contributed by atoms with E-state index in [-0.39, 0.29) is 31.4 Å². The first kappa shape index (κ1) is 32.2. The van der Waals surface area contributed by atoms with E-state index < -0.39 is 30.0 Å². The predicted molar refractivity (Wildman–Crippen MR) is 157 cm³/mol. The number of hydrogen-bond acceptors (Lipinski definition) is 9. The lowest BCUT2D eigenvalue weighted by Gasteiger charge is -2.18. The number of benzene rings is 2. The van der Waals surface area contributed by atoms with Crippen LogP contribution in [0.3, 0.4) is 0 Å². The first-order valence-corrected chi connectivity index (χ1v) is 14.0. The molecule has 1 unspecified atom stereocenters. The van der Waals surface area contributed by atoms with Gasteiger partial charge in [-0.2, -0.15) is 0 Å². The van der Waals surface area contributed by atoms with Crippen molar-refractivity contribution in [3.05, 3.63) is 82.4 Å². The number of nitrogens with two attached hydrogens (primary N) is 1. The van der Waals surface area contributed by atoms with Gasteiger partial charge in [-0.3, -0.25) is 19.0 Å². The van der Waals surface area contributed by atoms with Crippen molar-refractivity contribution in [1.82, 2.24) is 14.9 Å². The number of aromatic nitrogens is 2. The van der Waals surface area contributed by atoms with E-state index in [0.717, 1.165) is 5.56 Å². The number of carbonyl (C=O) groups is 3. The number of aryl methyl sites for hydroxylation is 1. The molecule has 3 rings (SSSR count). The normalized spacial score (nSPS) is 12.4. The van der Waals surface area contributed by atoms with Gasteiger partial charge in [-0.25, -0.2) is 9.78 Å². The highest BCUT2D eigenvalue weighted by Gasteiger charge is 2.24. The third-order valence-corrected chi connectivity index (χ3v) is 6.56. The number of nitrogens with one attached hydrogen (secondary N) is 1. The van der Waals surface area contributed by atoms with Crippen LogP contribution in [0.4, 0.5) is 0 Å². The van der Waals surface area contributed by atoms with Crippen LogP contribution in [0.2, 0.25) is 0 Å². The molecule has 11 nitrogen and oxygen atoms in total. The van der Waals surface area contributed by atoms with Crippen LogP contribution in [0.25, 0.3) is 11.3 Å². The number of nitrogens with zero attached hydrogens (tertiary/aromatic N) is 2. The van der Waals surface area contributed by atoms with Crippen LogP contribution in [-0.2, 0) is 36.8 Å². The minimum atomic E-state index is -0.828. The van der Waals surface area contributed by atoms with Crippen molar-refractivity contribution in [3.63, 3.8) is 0 Å². The van der Waals surface area contributed by atoms with Gasteiger partial charge < -0.3 is 25.3 Å². The molecule has 0 bridgehead atoms. The van der Waals surface area contributed by atoms with Gasteiger partial charge in [-0.05, 0) is 38.1 Å². The smallest absolute Gasteiger partial charge is 0.330 e. The molecule has 0 saturated carbocycles. The summed E-state index contributed by atoms with van der Waals surface area (Å²) in [4.78, 5) is 53.4. The highest BCUT2D eigenvalue weighted by Crippen LogP contribution is 2.25. The summed E-state index contributed by atoms with van der Waals surface area (Å²) in [6, 6.07) is 17.3. The Balaban J connectivity index is 1.58. The molecule has 3 N–H and O–H groups in total. The molecule has 0 aliphatic heterocycles. The summed E-state index contributed by atoms with van der Waals surface area (Å²) >= 11 is 0. The number of carbonyl (C=O) groups excluding carboxylic acids is 3. The molecular formula is C31H38N4O7. The van der Waals surface area contributed by atoms with Gasteiger partial charge in [0.15, 0.2) is 0 Å². The summed E-state index contributed by atoms with van der Waals surface area (Å²) in [6.45, 7) is 4.68. The zero-order valence-corrected chi connectivity index (χ0v) is 24.2. The summed E-state index contributed by atoms with van der Waals surface area (Å²) in [7, 11) is 1.53. The fraction of sp³-hybridized carbons (Fsp3) is 0.387. The lowest BCUT2D eigenvalue weighted by atomic mass is 10.1. The van der Waals surface area contributed by atoms with E-state index in [1.165, 1.54) is 13.1 Å². The lowest BCUT2D eigenvalue weighted by Crippen LogP contribution is -2.37. The van der Waals surface area contributed by atoms with E-state index in [4.69, 9.17) is 19.9 Å². The van der Waals surface area contributed by atoms with Crippen LogP contribution in [0.5, 0.6) is 5.75 Å². The molecule has 2 aromatic carbocycles. The van der Waals surface area contributed by atoms with E-state index in [0.29, 0.717) is 42.4 Å². The minimum absolute atomic E-state index is 0.0152. The Morgan fingerprint density at radius 2 is 1.76 bits per heavy atom. The van der Waals surface area contributed by atoms with E-state index >= 15 is 0 Å². The topological polar surface area (TPSA) is 152 Å². The van der Waals surface area contributed by atoms with Crippen molar-refractivity contribution >= 4 is 17.8 Å². The van der Waals surface area contributed by atoms with Gasteiger partial charge in [0.05, 0.1) is 24.8 Å². The molecule has 0 aliphatic rings. The first-order chi connectivity index (χ1) is 20.2. The highest BCUT2D eigenvalue weighted by molar-refractivity contribution is 5.89. The summed E-state index contributed by atoms with van der Waals surface area (Å²) < 4.78 is 18.2. The third kappa shape index (κ3) is 9.35. The molecule has 0 aliphatic carbocycles. The molecular weight excluding hydrogens is 540 g/mol. The molecule has 0 saturated heterocycles. The molecule has 0 spiro atoms. The second-order valence-corrected chi connectivity index (χ2v) is 9.47. The summed E-state index contributed by atoms with van der Waals surface area (Å²) in [6.07, 6.45) is -0.110. The maximum absolute atomic E-state index is 12.9. The highest BCUT2D eigenvalue weighted by atomic mass is 16.6. The Morgan fingerprint density at radius 1 is 1.05 bits per heavy atom. The molecule has 11 heteroatoms. The average molecular weight is 579 g/mol. The molecule has 1 aromatic heterocycles. The second kappa shape index (κ2) is 16.2. The molecule has 1 heterocycles. The van der Waals surface area contributed by atoms with Crippen molar-refractivity contribution in [1.29, 1.82) is 0 Å². The SMILES string of the molecule is CCOC(CC(=O)OC(=O)[C@H](CCC(N)=O)NC)c1ccc(OCCn2c(CC)nc(-c3ccccc3)cc2=O)cc1. The zero-order valence-electron chi connectivity index (χ0n) is 24.2. The van der Waals surface area contributed by atoms with Crippen LogP contribution in [0.15, 0.2) is 65.5 Å². The van der Waals surface area contributed by atoms with Crippen LogP contribution in [0, 0.1) is 0 Å². The predicted octanol–water partition coefficient (Wildman–Crippen LogP) is 2.94. The molecule has 42 heavy (non-hydrogen) atoms. The first-order valence-electron chi connectivity index (χ1n) is 14.0. The third-order valence-electron chi connectivity index (χ3n) is 6.56. The summed E-state index contributed by atoms with van der Waals surface area (Å²) in [5, 5.41) is 2.72. The summed E-state index contributed by atoms with van der Waals surface area (Å²) in [5.74, 6) is -0.815. The number of amides is 1. The Labute approximate surface area is 245 Å². The van der Waals surface area contributed by atoms with Crippen molar-refractivity contribution < 1.29 is 28.6 Å². The number of rotatable bonds is 16. The van der Waals surface area contributed by atoms with Gasteiger partial charge in [0, 0.05) is 31.1 Å². The monoisotopic (exact) mass is 578 g/mol. The van der Waals surface area contributed by atoms with E-state index in [9.17, 15) is 19.2 Å². The fourth-order valence-electron chi connectivity index (χ4n) is 4.37. The van der Waals surface area contributed by atoms with Crippen LogP contribution in [-0.4, -0.2) is 53.7 Å². The van der Waals surface area contributed by atoms with Gasteiger partial charge in [0.25, 0.3) is 5.56 Å². The van der Waals surface area contributed by atoms with Crippen LogP contribution >= 0.6 is 0 Å². The van der Waals surface area contributed by atoms with Crippen molar-refractivity contribution in [2.24, 2.45) is 5.73 Å². The quantitative estimate of drug-likeness (QED) is 0.193. The number of esters is 2. The molecule has 0 fully saturated rings. The maximum atomic E-state index is 12.9. The van der Waals surface area contributed by atoms with Crippen LogP contribution < -0.4 is 21.3 Å². The van der Waals surface area contributed by atoms with Gasteiger partial charge >= 0.3 is 11.9 Å². The number of ether oxygens (including phenoxy) is 3. The standard InChI is InChI=1S/C31H38N4O7/c1-4-28-34-25(21-9-7-6-8-10-21)19-29(37)35(28)17-18-41-23-13-11-22(12-14-23)26(40-5-2)20-30(38)42-31(39)24(33-3)15-16-27(32)36/h6-14,19,24,26,33H,4-5,15-18,20H2,1-3H3,(H2,32,36)/t24-,26?/m0/s1. The molecule has 224 valence electrons. The number of primary amides is 1. The van der Waals surface area contributed by atoms with Gasteiger partial charge in [-0.15, -0.1) is 0 Å². The van der Waals surface area contributed by atoms with Gasteiger partial charge in [0.2, 0.25) is 5.91 Å². The largest absolute Gasteiger partial charge is 0.492 e. The second-order valence-electron chi connectivity index (χ2n) is 9.47. The Bertz CT molecular complexity index is 1390. The molecule has 2 atom stereocenters. The van der Waals surface area contributed by atoms with Gasteiger partial charge in [-0.1, -0.05) is 49.4 Å². The Kier molecular flexibility index (Phi) is 12.4. The number of likely N-dealkylation sites (N-methyl/N-ethyl adjacent to an activating group) is 1. The zero-order chi connectivity index (χ0) is 30.5. The Hall–Kier alpha value is -4.35. The Morgan fingerprint density at radius 3 is 2.38 bits per heavy atom. The van der Waals surface area contributed by atoms with Crippen molar-refractivity contribution in [2.45, 2.75) is 58.2 Å². The lowest BCUT2D eigenvalue weighted by molar-refractivity contribution is -0.163. The molecule has 0 radical (unpaired) electrons. The van der Waals surface area contributed by atoms with E-state index in [1.54, 1.807) is 35.8 Å². The molecule has 3 aromatic rings. The van der Waals surface area contributed by atoms with Crippen molar-refractivity contribution in [3.8, 4) is 17.0 Å². The van der Waals surface area contributed by atoms with Crippen molar-refractivity contribution in [2.75, 3.05) is 20.3 Å². The average Bonchev–Trinajstić information content (AvgIpc) is 2.98. The van der Waals surface area contributed by atoms with Crippen LogP contribution in [0.1, 0.15) is 50.6 Å². The number of hydrogen-bond donors (Lipinski definition) is 2. The maximum Gasteiger partial charge on any atom is 0.330 e.